The highest BCUT2D eigenvalue weighted by atomic mass is 28.3. The van der Waals surface area contributed by atoms with E-state index >= 15 is 0 Å². The second kappa shape index (κ2) is 2.80. The van der Waals surface area contributed by atoms with Crippen molar-refractivity contribution in [1.82, 2.24) is 0 Å². The molecule has 0 heterocycles. The van der Waals surface area contributed by atoms with Crippen LogP contribution in [0.15, 0.2) is 30.3 Å². The number of benzene rings is 1. The molecule has 2 N–H and O–H groups in total. The van der Waals surface area contributed by atoms with Crippen molar-refractivity contribution in [3.63, 3.8) is 0 Å². The molecule has 0 aliphatic heterocycles. The molecule has 1 aromatic rings. The van der Waals surface area contributed by atoms with E-state index in [9.17, 15) is 0 Å². The lowest BCUT2D eigenvalue weighted by Crippen LogP contribution is -2.35. The Balaban J connectivity index is 2.85. The highest BCUT2D eigenvalue weighted by Gasteiger charge is 1.97. The van der Waals surface area contributed by atoms with Crippen LogP contribution in [0.3, 0.4) is 0 Å². The van der Waals surface area contributed by atoms with Gasteiger partial charge in [-0.3, -0.25) is 0 Å². The number of hydrogen-bond acceptors (Lipinski definition) is 1. The molecule has 9 heavy (non-hydrogen) atoms. The zero-order valence-electron chi connectivity index (χ0n) is 5.46. The molecule has 0 aromatic heterocycles. The molecule has 1 rings (SSSR count). The fourth-order valence-electron chi connectivity index (χ4n) is 0.701. The molecule has 2 heteroatoms. The second-order valence-corrected chi connectivity index (χ2v) is 3.99. The summed E-state index contributed by atoms with van der Waals surface area (Å²) in [6, 6.07) is 10.2. The maximum Gasteiger partial charge on any atom is 0.163 e. The predicted octanol–water partition coefficient (Wildman–Crippen LogP) is 0.474. The van der Waals surface area contributed by atoms with E-state index in [1.807, 2.05) is 18.2 Å². The van der Waals surface area contributed by atoms with Crippen LogP contribution >= 0.6 is 0 Å². The van der Waals surface area contributed by atoms with Crippen molar-refractivity contribution in [2.24, 2.45) is 5.40 Å². The van der Waals surface area contributed by atoms with Gasteiger partial charge in [-0.1, -0.05) is 36.9 Å². The standard InChI is InChI=1S/C7H10NSi/c1-9(8)7-5-3-2-4-6-7/h2-6H,8H2,1H3. The molecular weight excluding hydrogens is 126 g/mol. The topological polar surface area (TPSA) is 26.0 Å². The molecule has 0 amide bonds. The van der Waals surface area contributed by atoms with E-state index < -0.39 is 8.96 Å². The van der Waals surface area contributed by atoms with E-state index in [1.165, 1.54) is 5.19 Å². The quantitative estimate of drug-likeness (QED) is 0.558. The lowest BCUT2D eigenvalue weighted by atomic mass is 10.4. The van der Waals surface area contributed by atoms with E-state index in [0.29, 0.717) is 0 Å². The fraction of sp³-hybridized carbons (Fsp3) is 0.143. The highest BCUT2D eigenvalue weighted by Crippen LogP contribution is 1.82. The van der Waals surface area contributed by atoms with Gasteiger partial charge in [-0.2, -0.15) is 0 Å². The van der Waals surface area contributed by atoms with Crippen LogP contribution in [0.1, 0.15) is 0 Å². The van der Waals surface area contributed by atoms with Gasteiger partial charge >= 0.3 is 0 Å². The lowest BCUT2D eigenvalue weighted by Gasteiger charge is -1.99. The fourth-order valence-corrected chi connectivity index (χ4v) is 1.42. The number of rotatable bonds is 1. The summed E-state index contributed by atoms with van der Waals surface area (Å²) in [7, 11) is -0.712. The third kappa shape index (κ3) is 1.66. The average molecular weight is 136 g/mol. The van der Waals surface area contributed by atoms with Crippen LogP contribution in [0.25, 0.3) is 0 Å². The molecule has 0 saturated heterocycles. The molecule has 0 aliphatic carbocycles. The minimum absolute atomic E-state index is 0.712. The van der Waals surface area contributed by atoms with Crippen molar-refractivity contribution in [1.29, 1.82) is 0 Å². The van der Waals surface area contributed by atoms with Crippen molar-refractivity contribution in [2.45, 2.75) is 6.55 Å². The van der Waals surface area contributed by atoms with Gasteiger partial charge in [-0.25, -0.2) is 0 Å². The summed E-state index contributed by atoms with van der Waals surface area (Å²) in [5, 5.41) is 7.01. The van der Waals surface area contributed by atoms with Gasteiger partial charge in [0.1, 0.15) is 0 Å². The summed E-state index contributed by atoms with van der Waals surface area (Å²) in [4.78, 5) is 0. The summed E-state index contributed by atoms with van der Waals surface area (Å²) in [6.45, 7) is 2.08. The molecule has 0 unspecified atom stereocenters. The highest BCUT2D eigenvalue weighted by molar-refractivity contribution is 6.68. The zero-order valence-corrected chi connectivity index (χ0v) is 6.46. The van der Waals surface area contributed by atoms with Crippen LogP contribution in [-0.2, 0) is 0 Å². The van der Waals surface area contributed by atoms with E-state index in [1.54, 1.807) is 0 Å². The van der Waals surface area contributed by atoms with Crippen molar-refractivity contribution in [3.8, 4) is 0 Å². The molecule has 1 radical (unpaired) electrons. The summed E-state index contributed by atoms with van der Waals surface area (Å²) >= 11 is 0. The van der Waals surface area contributed by atoms with E-state index in [-0.39, 0.29) is 0 Å². The molecule has 0 saturated carbocycles. The summed E-state index contributed by atoms with van der Waals surface area (Å²) in [5.41, 5.74) is 0. The first-order chi connectivity index (χ1) is 4.30. The van der Waals surface area contributed by atoms with Crippen LogP contribution in [0, 0.1) is 0 Å². The maximum absolute atomic E-state index is 5.72. The Morgan fingerprint density at radius 3 is 2.11 bits per heavy atom. The van der Waals surface area contributed by atoms with Crippen molar-refractivity contribution in [3.05, 3.63) is 30.3 Å². The van der Waals surface area contributed by atoms with Gasteiger partial charge in [0, 0.05) is 0 Å². The minimum Gasteiger partial charge on any atom is -0.348 e. The van der Waals surface area contributed by atoms with Gasteiger partial charge in [-0.15, -0.1) is 0 Å². The summed E-state index contributed by atoms with van der Waals surface area (Å²) in [5.74, 6) is 0. The first-order valence-corrected chi connectivity index (χ1v) is 5.03. The van der Waals surface area contributed by atoms with Gasteiger partial charge < -0.3 is 5.40 Å². The molecule has 47 valence electrons. The summed E-state index contributed by atoms with van der Waals surface area (Å²) in [6.07, 6.45) is 0. The van der Waals surface area contributed by atoms with Gasteiger partial charge in [0.25, 0.3) is 0 Å². The zero-order chi connectivity index (χ0) is 6.69. The van der Waals surface area contributed by atoms with E-state index in [0.717, 1.165) is 0 Å². The molecule has 0 bridgehead atoms. The van der Waals surface area contributed by atoms with Gasteiger partial charge in [0.05, 0.1) is 0 Å². The largest absolute Gasteiger partial charge is 0.348 e. The molecule has 1 aromatic carbocycles. The molecule has 0 aliphatic rings. The number of hydrogen-bond donors (Lipinski definition) is 1. The van der Waals surface area contributed by atoms with Crippen molar-refractivity contribution >= 4 is 14.1 Å². The van der Waals surface area contributed by atoms with Gasteiger partial charge in [0.2, 0.25) is 0 Å². The van der Waals surface area contributed by atoms with Crippen LogP contribution in [0.2, 0.25) is 6.55 Å². The first kappa shape index (κ1) is 6.52. The molecule has 1 nitrogen and oxygen atoms in total. The normalized spacial score (nSPS) is 10.1. The maximum atomic E-state index is 5.72. The first-order valence-electron chi connectivity index (χ1n) is 2.95. The van der Waals surface area contributed by atoms with Gasteiger partial charge in [0.15, 0.2) is 8.96 Å². The Morgan fingerprint density at radius 2 is 1.78 bits per heavy atom. The van der Waals surface area contributed by atoms with E-state index in [2.05, 4.69) is 18.7 Å². The second-order valence-electron chi connectivity index (χ2n) is 2.05. The van der Waals surface area contributed by atoms with Crippen LogP contribution in [0.5, 0.6) is 0 Å². The third-order valence-electron chi connectivity index (χ3n) is 1.23. The number of nitrogens with two attached hydrogens (primary N) is 1. The monoisotopic (exact) mass is 136 g/mol. The summed E-state index contributed by atoms with van der Waals surface area (Å²) < 4.78 is 0. The molecule has 0 spiro atoms. The lowest BCUT2D eigenvalue weighted by molar-refractivity contribution is 1.70. The average Bonchev–Trinajstić information content (AvgIpc) is 1.90. The molecular formula is C7H10NSi. The predicted molar refractivity (Wildman–Crippen MR) is 41.9 cm³/mol. The Bertz CT molecular complexity index is 172. The third-order valence-corrected chi connectivity index (χ3v) is 2.47. The molecule has 0 atom stereocenters. The minimum atomic E-state index is -0.712. The Labute approximate surface area is 57.2 Å². The van der Waals surface area contributed by atoms with Crippen LogP contribution < -0.4 is 10.6 Å². The van der Waals surface area contributed by atoms with Crippen LogP contribution in [0.4, 0.5) is 0 Å². The Morgan fingerprint density at radius 1 is 1.22 bits per heavy atom. The Kier molecular flexibility index (Phi) is 2.03. The Hall–Kier alpha value is -0.603. The van der Waals surface area contributed by atoms with Gasteiger partial charge in [-0.05, 0) is 5.19 Å². The SMILES string of the molecule is C[Si](N)c1ccccc1. The smallest absolute Gasteiger partial charge is 0.163 e. The van der Waals surface area contributed by atoms with Crippen molar-refractivity contribution < 1.29 is 0 Å². The van der Waals surface area contributed by atoms with Crippen LogP contribution in [-0.4, -0.2) is 8.96 Å². The van der Waals surface area contributed by atoms with E-state index in [4.69, 9.17) is 5.40 Å². The molecule has 0 fully saturated rings. The van der Waals surface area contributed by atoms with Crippen molar-refractivity contribution in [2.75, 3.05) is 0 Å².